The van der Waals surface area contributed by atoms with Gasteiger partial charge < -0.3 is 15.4 Å². The van der Waals surface area contributed by atoms with E-state index in [9.17, 15) is 0 Å². The molecule has 5 nitrogen and oxygen atoms in total. The van der Waals surface area contributed by atoms with Gasteiger partial charge in [-0.15, -0.1) is 24.0 Å². The summed E-state index contributed by atoms with van der Waals surface area (Å²) in [7, 11) is 3.48. The van der Waals surface area contributed by atoms with E-state index in [-0.39, 0.29) is 30.0 Å². The van der Waals surface area contributed by atoms with E-state index in [2.05, 4.69) is 65.6 Å². The number of hydrogen-bond donors (Lipinski definition) is 2. The zero-order valence-corrected chi connectivity index (χ0v) is 18.0. The molecule has 0 heterocycles. The second-order valence-corrected chi connectivity index (χ2v) is 5.70. The maximum atomic E-state index is 5.13. The predicted molar refractivity (Wildman–Crippen MR) is 113 cm³/mol. The van der Waals surface area contributed by atoms with Gasteiger partial charge in [-0.25, -0.2) is 0 Å². The van der Waals surface area contributed by atoms with E-state index < -0.39 is 0 Å². The van der Waals surface area contributed by atoms with Crippen LogP contribution in [0.1, 0.15) is 31.9 Å². The van der Waals surface area contributed by atoms with Gasteiger partial charge in [0.25, 0.3) is 0 Å². The first-order valence-corrected chi connectivity index (χ1v) is 8.39. The van der Waals surface area contributed by atoms with Crippen molar-refractivity contribution in [3.63, 3.8) is 0 Å². The van der Waals surface area contributed by atoms with Crippen LogP contribution >= 0.6 is 24.0 Å². The fourth-order valence-corrected chi connectivity index (χ4v) is 2.37. The maximum Gasteiger partial charge on any atom is 0.191 e. The molecule has 0 saturated carbocycles. The molecule has 0 saturated heterocycles. The first-order chi connectivity index (χ1) is 11.1. The van der Waals surface area contributed by atoms with Crippen LogP contribution in [0, 0.1) is 0 Å². The molecule has 1 atom stereocenters. The second kappa shape index (κ2) is 13.4. The van der Waals surface area contributed by atoms with Gasteiger partial charge in [-0.2, -0.15) is 0 Å². The summed E-state index contributed by atoms with van der Waals surface area (Å²) in [5, 5.41) is 6.63. The molecule has 0 amide bonds. The minimum absolute atomic E-state index is 0. The Balaban J connectivity index is 0.00000529. The SMILES string of the molecule is CCN(CC)Cc1ccc(CNC(=NC)NC(C)COC)cc1.I. The molecule has 0 fully saturated rings. The zero-order valence-electron chi connectivity index (χ0n) is 15.6. The van der Waals surface area contributed by atoms with E-state index in [0.29, 0.717) is 6.61 Å². The number of halogens is 1. The van der Waals surface area contributed by atoms with Gasteiger partial charge in [-0.3, -0.25) is 9.89 Å². The standard InChI is InChI=1S/C18H32N4O.HI/c1-6-22(7-2)13-17-10-8-16(9-11-17)12-20-18(19-4)21-15(3)14-23-5;/h8-11,15H,6-7,12-14H2,1-5H3,(H2,19,20,21);1H. The fourth-order valence-electron chi connectivity index (χ4n) is 2.37. The average Bonchev–Trinajstić information content (AvgIpc) is 2.57. The molecular formula is C18H33IN4O. The Bertz CT molecular complexity index is 461. The molecule has 6 heteroatoms. The topological polar surface area (TPSA) is 48.9 Å². The molecular weight excluding hydrogens is 415 g/mol. The van der Waals surface area contributed by atoms with Gasteiger partial charge in [0.05, 0.1) is 6.61 Å². The van der Waals surface area contributed by atoms with Gasteiger partial charge in [0, 0.05) is 33.3 Å². The van der Waals surface area contributed by atoms with E-state index in [1.54, 1.807) is 14.2 Å². The van der Waals surface area contributed by atoms with Crippen LogP contribution in [-0.4, -0.2) is 50.8 Å². The van der Waals surface area contributed by atoms with E-state index in [0.717, 1.165) is 32.1 Å². The number of guanidine groups is 1. The van der Waals surface area contributed by atoms with Crippen LogP contribution in [0.5, 0.6) is 0 Å². The largest absolute Gasteiger partial charge is 0.383 e. The Morgan fingerprint density at radius 1 is 1.17 bits per heavy atom. The van der Waals surface area contributed by atoms with Gasteiger partial charge in [0.15, 0.2) is 5.96 Å². The molecule has 0 bridgehead atoms. The number of hydrogen-bond acceptors (Lipinski definition) is 3. The van der Waals surface area contributed by atoms with Crippen LogP contribution in [0.2, 0.25) is 0 Å². The predicted octanol–water partition coefficient (Wildman–Crippen LogP) is 2.85. The molecule has 138 valence electrons. The monoisotopic (exact) mass is 448 g/mol. The fraction of sp³-hybridized carbons (Fsp3) is 0.611. The lowest BCUT2D eigenvalue weighted by Gasteiger charge is -2.19. The van der Waals surface area contributed by atoms with Crippen LogP contribution in [0.4, 0.5) is 0 Å². The van der Waals surface area contributed by atoms with Crippen molar-refractivity contribution in [2.75, 3.05) is 33.9 Å². The highest BCUT2D eigenvalue weighted by Gasteiger charge is 2.05. The molecule has 24 heavy (non-hydrogen) atoms. The molecule has 2 N–H and O–H groups in total. The van der Waals surface area contributed by atoms with Crippen LogP contribution in [0.15, 0.2) is 29.3 Å². The van der Waals surface area contributed by atoms with Crippen LogP contribution in [0.25, 0.3) is 0 Å². The number of nitrogens with one attached hydrogen (secondary N) is 2. The highest BCUT2D eigenvalue weighted by molar-refractivity contribution is 14.0. The first kappa shape index (κ1) is 23.1. The summed E-state index contributed by atoms with van der Waals surface area (Å²) < 4.78 is 5.13. The number of ether oxygens (including phenoxy) is 1. The number of rotatable bonds is 9. The lowest BCUT2D eigenvalue weighted by Crippen LogP contribution is -2.43. The third-order valence-corrected chi connectivity index (χ3v) is 3.81. The van der Waals surface area contributed by atoms with E-state index >= 15 is 0 Å². The van der Waals surface area contributed by atoms with Crippen molar-refractivity contribution < 1.29 is 4.74 Å². The van der Waals surface area contributed by atoms with Gasteiger partial charge in [0.2, 0.25) is 0 Å². The maximum absolute atomic E-state index is 5.13. The number of nitrogens with zero attached hydrogens (tertiary/aromatic N) is 2. The molecule has 0 radical (unpaired) electrons. The van der Waals surface area contributed by atoms with Gasteiger partial charge in [0.1, 0.15) is 0 Å². The van der Waals surface area contributed by atoms with E-state index in [4.69, 9.17) is 4.74 Å². The first-order valence-electron chi connectivity index (χ1n) is 8.39. The minimum atomic E-state index is 0. The highest BCUT2D eigenvalue weighted by Crippen LogP contribution is 2.07. The number of benzene rings is 1. The zero-order chi connectivity index (χ0) is 17.1. The van der Waals surface area contributed by atoms with Gasteiger partial charge >= 0.3 is 0 Å². The van der Waals surface area contributed by atoms with Crippen molar-refractivity contribution >= 4 is 29.9 Å². The van der Waals surface area contributed by atoms with Crippen molar-refractivity contribution in [2.45, 2.75) is 39.9 Å². The summed E-state index contributed by atoms with van der Waals surface area (Å²) in [5.41, 5.74) is 2.60. The number of aliphatic imine (C=N–C) groups is 1. The molecule has 1 rings (SSSR count). The quantitative estimate of drug-likeness (QED) is 0.347. The van der Waals surface area contributed by atoms with Crippen molar-refractivity contribution in [1.82, 2.24) is 15.5 Å². The number of methoxy groups -OCH3 is 1. The smallest absolute Gasteiger partial charge is 0.191 e. The molecule has 1 aromatic carbocycles. The summed E-state index contributed by atoms with van der Waals surface area (Å²) in [6.45, 7) is 11.1. The van der Waals surface area contributed by atoms with Crippen molar-refractivity contribution in [3.8, 4) is 0 Å². The summed E-state index contributed by atoms with van der Waals surface area (Å²) in [6, 6.07) is 9.00. The van der Waals surface area contributed by atoms with Crippen molar-refractivity contribution in [2.24, 2.45) is 4.99 Å². The van der Waals surface area contributed by atoms with Crippen molar-refractivity contribution in [1.29, 1.82) is 0 Å². The van der Waals surface area contributed by atoms with Crippen LogP contribution < -0.4 is 10.6 Å². The molecule has 1 aromatic rings. The summed E-state index contributed by atoms with van der Waals surface area (Å²) in [5.74, 6) is 0.793. The van der Waals surface area contributed by atoms with Crippen LogP contribution in [-0.2, 0) is 17.8 Å². The van der Waals surface area contributed by atoms with E-state index in [1.807, 2.05) is 0 Å². The average molecular weight is 448 g/mol. The Hall–Kier alpha value is -0.860. The lowest BCUT2D eigenvalue weighted by atomic mass is 10.1. The Morgan fingerprint density at radius 2 is 1.75 bits per heavy atom. The van der Waals surface area contributed by atoms with Crippen LogP contribution in [0.3, 0.4) is 0 Å². The third kappa shape index (κ3) is 8.84. The highest BCUT2D eigenvalue weighted by atomic mass is 127. The van der Waals surface area contributed by atoms with Gasteiger partial charge in [-0.1, -0.05) is 38.1 Å². The molecule has 0 aliphatic heterocycles. The van der Waals surface area contributed by atoms with Crippen molar-refractivity contribution in [3.05, 3.63) is 35.4 Å². The summed E-state index contributed by atoms with van der Waals surface area (Å²) in [4.78, 5) is 6.65. The Labute approximate surface area is 164 Å². The molecule has 0 aromatic heterocycles. The normalized spacial score (nSPS) is 12.7. The summed E-state index contributed by atoms with van der Waals surface area (Å²) in [6.07, 6.45) is 0. The molecule has 0 aliphatic rings. The summed E-state index contributed by atoms with van der Waals surface area (Å²) >= 11 is 0. The lowest BCUT2D eigenvalue weighted by molar-refractivity contribution is 0.179. The molecule has 1 unspecified atom stereocenters. The van der Waals surface area contributed by atoms with E-state index in [1.165, 1.54) is 11.1 Å². The second-order valence-electron chi connectivity index (χ2n) is 5.70. The van der Waals surface area contributed by atoms with Gasteiger partial charge in [-0.05, 0) is 31.1 Å². The molecule has 0 aliphatic carbocycles. The Morgan fingerprint density at radius 3 is 2.25 bits per heavy atom. The minimum Gasteiger partial charge on any atom is -0.383 e. The molecule has 0 spiro atoms. The third-order valence-electron chi connectivity index (χ3n) is 3.81. The Kier molecular flexibility index (Phi) is 13.0.